The zero-order chi connectivity index (χ0) is 13.1. The van der Waals surface area contributed by atoms with Crippen LogP contribution in [0.1, 0.15) is 44.4 Å². The summed E-state index contributed by atoms with van der Waals surface area (Å²) < 4.78 is 4.57. The van der Waals surface area contributed by atoms with E-state index in [1.807, 2.05) is 24.3 Å². The van der Waals surface area contributed by atoms with Crippen molar-refractivity contribution in [3.8, 4) is 0 Å². The van der Waals surface area contributed by atoms with E-state index in [4.69, 9.17) is 0 Å². The molecule has 0 amide bonds. The molecule has 3 heteroatoms. The number of benzene rings is 1. The molecule has 3 nitrogen and oxygen atoms in total. The Morgan fingerprint density at radius 3 is 2.47 bits per heavy atom. The number of carbonyl (C=O) groups excluding carboxylic acids is 1. The zero-order valence-corrected chi connectivity index (χ0v) is 10.9. The van der Waals surface area contributed by atoms with Crippen LogP contribution in [0.4, 0.5) is 0 Å². The predicted octanol–water partition coefficient (Wildman–Crippen LogP) is 2.58. The summed E-state index contributed by atoms with van der Waals surface area (Å²) in [5.74, 6) is -0.402. The van der Waals surface area contributed by atoms with E-state index in [2.05, 4.69) is 25.5 Å². The second-order valence-electron chi connectivity index (χ2n) is 5.13. The Morgan fingerprint density at radius 2 is 1.94 bits per heavy atom. The van der Waals surface area contributed by atoms with Gasteiger partial charge in [0.25, 0.3) is 0 Å². The first-order valence-electron chi connectivity index (χ1n) is 5.70. The van der Waals surface area contributed by atoms with Gasteiger partial charge in [-0.2, -0.15) is 0 Å². The van der Waals surface area contributed by atoms with Gasteiger partial charge in [-0.25, -0.2) is 0 Å². The maximum absolute atomic E-state index is 11.2. The monoisotopic (exact) mass is 236 g/mol. The molecule has 0 aliphatic heterocycles. The van der Waals surface area contributed by atoms with Crippen LogP contribution in [-0.4, -0.2) is 18.2 Å². The average Bonchev–Trinajstić information content (AvgIpc) is 2.27. The molecule has 0 spiro atoms. The van der Waals surface area contributed by atoms with Crippen molar-refractivity contribution in [1.82, 2.24) is 0 Å². The molecule has 0 aromatic heterocycles. The SMILES string of the molecule is COC(=O)C[C@@H](O)c1ccccc1C(C)(C)C. The van der Waals surface area contributed by atoms with Crippen LogP contribution in [0.25, 0.3) is 0 Å². The molecule has 94 valence electrons. The average molecular weight is 236 g/mol. The first kappa shape index (κ1) is 13.7. The lowest BCUT2D eigenvalue weighted by Gasteiger charge is -2.24. The van der Waals surface area contributed by atoms with Crippen LogP contribution < -0.4 is 0 Å². The van der Waals surface area contributed by atoms with Crippen molar-refractivity contribution in [2.75, 3.05) is 7.11 Å². The van der Waals surface area contributed by atoms with Crippen molar-refractivity contribution < 1.29 is 14.6 Å². The van der Waals surface area contributed by atoms with Crippen LogP contribution in [0.5, 0.6) is 0 Å². The lowest BCUT2D eigenvalue weighted by Crippen LogP contribution is -2.17. The number of carbonyl (C=O) groups is 1. The summed E-state index contributed by atoms with van der Waals surface area (Å²) in [5, 5.41) is 10.1. The minimum Gasteiger partial charge on any atom is -0.469 e. The third-order valence-electron chi connectivity index (χ3n) is 2.72. The van der Waals surface area contributed by atoms with Crippen LogP contribution in [0.15, 0.2) is 24.3 Å². The molecule has 1 N–H and O–H groups in total. The number of methoxy groups -OCH3 is 1. The zero-order valence-electron chi connectivity index (χ0n) is 10.9. The number of hydrogen-bond acceptors (Lipinski definition) is 3. The number of aliphatic hydroxyl groups is 1. The molecule has 1 aromatic carbocycles. The first-order chi connectivity index (χ1) is 7.86. The van der Waals surface area contributed by atoms with Crippen LogP contribution in [0.2, 0.25) is 0 Å². The maximum atomic E-state index is 11.2. The molecular weight excluding hydrogens is 216 g/mol. The molecule has 0 heterocycles. The van der Waals surface area contributed by atoms with Gasteiger partial charge in [0.1, 0.15) is 0 Å². The van der Waals surface area contributed by atoms with Gasteiger partial charge in [-0.05, 0) is 16.5 Å². The van der Waals surface area contributed by atoms with Crippen LogP contribution in [-0.2, 0) is 14.9 Å². The Morgan fingerprint density at radius 1 is 1.35 bits per heavy atom. The molecule has 0 saturated heterocycles. The molecule has 1 rings (SSSR count). The summed E-state index contributed by atoms with van der Waals surface area (Å²) in [6.45, 7) is 6.24. The van der Waals surface area contributed by atoms with Crippen LogP contribution in [0, 0.1) is 0 Å². The highest BCUT2D eigenvalue weighted by Crippen LogP contribution is 2.30. The van der Waals surface area contributed by atoms with Crippen molar-refractivity contribution >= 4 is 5.97 Å². The number of ether oxygens (including phenoxy) is 1. The number of rotatable bonds is 3. The Bertz CT molecular complexity index is 391. The van der Waals surface area contributed by atoms with Crippen molar-refractivity contribution in [2.45, 2.75) is 38.7 Å². The number of esters is 1. The fourth-order valence-electron chi connectivity index (χ4n) is 1.82. The maximum Gasteiger partial charge on any atom is 0.308 e. The summed E-state index contributed by atoms with van der Waals surface area (Å²) in [6.07, 6.45) is -0.818. The van der Waals surface area contributed by atoms with Gasteiger partial charge in [-0.1, -0.05) is 45.0 Å². The Balaban J connectivity index is 3.01. The van der Waals surface area contributed by atoms with Crippen molar-refractivity contribution in [3.05, 3.63) is 35.4 Å². The summed E-state index contributed by atoms with van der Waals surface area (Å²) in [7, 11) is 1.32. The van der Waals surface area contributed by atoms with E-state index < -0.39 is 12.1 Å². The largest absolute Gasteiger partial charge is 0.469 e. The Kier molecular flexibility index (Phi) is 4.29. The lowest BCUT2D eigenvalue weighted by atomic mass is 9.82. The van der Waals surface area contributed by atoms with Crippen LogP contribution >= 0.6 is 0 Å². The molecule has 0 bridgehead atoms. The summed E-state index contributed by atoms with van der Waals surface area (Å²) in [6, 6.07) is 7.64. The molecule has 0 fully saturated rings. The minimum absolute atomic E-state index is 0.0103. The molecule has 0 unspecified atom stereocenters. The molecule has 17 heavy (non-hydrogen) atoms. The standard InChI is InChI=1S/C14H20O3/c1-14(2,3)11-8-6-5-7-10(11)12(15)9-13(16)17-4/h5-8,12,15H,9H2,1-4H3/t12-/m1/s1. The highest BCUT2D eigenvalue weighted by Gasteiger charge is 2.22. The van der Waals surface area contributed by atoms with E-state index in [0.717, 1.165) is 11.1 Å². The second kappa shape index (κ2) is 5.32. The van der Waals surface area contributed by atoms with E-state index in [0.29, 0.717) is 0 Å². The molecule has 0 saturated carbocycles. The molecule has 1 atom stereocenters. The molecular formula is C14H20O3. The normalized spacial score (nSPS) is 13.2. The lowest BCUT2D eigenvalue weighted by molar-refractivity contribution is -0.142. The fourth-order valence-corrected chi connectivity index (χ4v) is 1.82. The van der Waals surface area contributed by atoms with Gasteiger partial charge in [0, 0.05) is 0 Å². The molecule has 0 aliphatic carbocycles. The topological polar surface area (TPSA) is 46.5 Å². The van der Waals surface area contributed by atoms with Gasteiger partial charge < -0.3 is 9.84 Å². The first-order valence-corrected chi connectivity index (χ1v) is 5.70. The van der Waals surface area contributed by atoms with Gasteiger partial charge in [-0.3, -0.25) is 4.79 Å². The van der Waals surface area contributed by atoms with Gasteiger partial charge in [0.2, 0.25) is 0 Å². The Hall–Kier alpha value is -1.35. The summed E-state index contributed by atoms with van der Waals surface area (Å²) in [4.78, 5) is 11.2. The number of hydrogen-bond donors (Lipinski definition) is 1. The van der Waals surface area contributed by atoms with Gasteiger partial charge >= 0.3 is 5.97 Å². The van der Waals surface area contributed by atoms with Crippen LogP contribution in [0.3, 0.4) is 0 Å². The van der Waals surface area contributed by atoms with E-state index in [9.17, 15) is 9.90 Å². The quantitative estimate of drug-likeness (QED) is 0.820. The number of aliphatic hydroxyl groups excluding tert-OH is 1. The third-order valence-corrected chi connectivity index (χ3v) is 2.72. The van der Waals surface area contributed by atoms with Crippen molar-refractivity contribution in [1.29, 1.82) is 0 Å². The van der Waals surface area contributed by atoms with E-state index >= 15 is 0 Å². The van der Waals surface area contributed by atoms with E-state index in [-0.39, 0.29) is 11.8 Å². The van der Waals surface area contributed by atoms with Crippen molar-refractivity contribution in [3.63, 3.8) is 0 Å². The van der Waals surface area contributed by atoms with Crippen molar-refractivity contribution in [2.24, 2.45) is 0 Å². The molecule has 1 aromatic rings. The highest BCUT2D eigenvalue weighted by molar-refractivity contribution is 5.70. The smallest absolute Gasteiger partial charge is 0.308 e. The summed E-state index contributed by atoms with van der Waals surface area (Å²) >= 11 is 0. The van der Waals surface area contributed by atoms with Gasteiger partial charge in [-0.15, -0.1) is 0 Å². The molecule has 0 aliphatic rings. The third kappa shape index (κ3) is 3.56. The predicted molar refractivity (Wildman–Crippen MR) is 66.7 cm³/mol. The summed E-state index contributed by atoms with van der Waals surface area (Å²) in [5.41, 5.74) is 1.79. The van der Waals surface area contributed by atoms with E-state index in [1.54, 1.807) is 0 Å². The second-order valence-corrected chi connectivity index (χ2v) is 5.13. The van der Waals surface area contributed by atoms with Gasteiger partial charge in [0.05, 0.1) is 19.6 Å². The van der Waals surface area contributed by atoms with E-state index in [1.165, 1.54) is 7.11 Å². The Labute approximate surface area is 102 Å². The minimum atomic E-state index is -0.808. The van der Waals surface area contributed by atoms with Gasteiger partial charge in [0.15, 0.2) is 0 Å². The highest BCUT2D eigenvalue weighted by atomic mass is 16.5. The molecule has 0 radical (unpaired) electrons. The fraction of sp³-hybridized carbons (Fsp3) is 0.500.